The Morgan fingerprint density at radius 3 is 0.955 bits per heavy atom. The van der Waals surface area contributed by atoms with Gasteiger partial charge < -0.3 is 10.0 Å². The van der Waals surface area contributed by atoms with Gasteiger partial charge in [-0.3, -0.25) is 0 Å². The molecule has 3 rings (SSSR count). The Morgan fingerprint density at radius 2 is 0.727 bits per heavy atom. The summed E-state index contributed by atoms with van der Waals surface area (Å²) in [5, 5.41) is 2.62. The van der Waals surface area contributed by atoms with E-state index in [2.05, 4.69) is 0 Å². The topological polar surface area (TPSA) is 47.1 Å². The van der Waals surface area contributed by atoms with E-state index in [1.807, 2.05) is 91.0 Å². The second kappa shape index (κ2) is 8.47. The maximum atomic E-state index is 13.8. The Balaban J connectivity index is 0.00000121. The fraction of sp³-hybridized carbons (Fsp3) is 0. The third-order valence-electron chi connectivity index (χ3n) is 3.36. The Morgan fingerprint density at radius 1 is 0.500 bits per heavy atom. The van der Waals surface area contributed by atoms with Gasteiger partial charge in [0.15, 0.2) is 7.14 Å². The molecule has 0 heterocycles. The van der Waals surface area contributed by atoms with Gasteiger partial charge in [-0.1, -0.05) is 91.0 Å². The molecule has 3 aromatic rings. The summed E-state index contributed by atoms with van der Waals surface area (Å²) < 4.78 is 13.8. The Kier molecular flexibility index (Phi) is 7.28. The summed E-state index contributed by atoms with van der Waals surface area (Å²) in [5.74, 6) is 0. The van der Waals surface area contributed by atoms with Gasteiger partial charge in [-0.15, -0.1) is 0 Å². The molecule has 0 aromatic heterocycles. The first-order chi connectivity index (χ1) is 9.82. The van der Waals surface area contributed by atoms with Crippen molar-refractivity contribution in [3.63, 3.8) is 0 Å². The summed E-state index contributed by atoms with van der Waals surface area (Å²) in [7, 11) is -2.78. The van der Waals surface area contributed by atoms with Crippen molar-refractivity contribution in [2.75, 3.05) is 0 Å². The van der Waals surface area contributed by atoms with Crippen LogP contribution in [0.15, 0.2) is 91.0 Å². The number of hydrogen-bond acceptors (Lipinski definition) is 2. The van der Waals surface area contributed by atoms with Gasteiger partial charge in [0, 0.05) is 15.9 Å². The third-order valence-corrected chi connectivity index (χ3v) is 6.44. The summed E-state index contributed by atoms with van der Waals surface area (Å²) in [6, 6.07) is 29.1. The molecule has 0 radical (unpaired) electrons. The maximum absolute atomic E-state index is 13.8. The minimum atomic E-state index is -2.78. The fourth-order valence-corrected chi connectivity index (χ4v) is 5.03. The van der Waals surface area contributed by atoms with E-state index in [-0.39, 0.29) is 35.0 Å². The molecule has 0 fully saturated rings. The summed E-state index contributed by atoms with van der Waals surface area (Å²) >= 11 is 0. The Labute approximate surface area is 153 Å². The van der Waals surface area contributed by atoms with Crippen molar-refractivity contribution in [3.05, 3.63) is 91.0 Å². The Bertz CT molecular complexity index is 627. The molecule has 4 heteroatoms. The zero-order chi connectivity index (χ0) is 13.8. The van der Waals surface area contributed by atoms with Crippen LogP contribution in [0.25, 0.3) is 0 Å². The SMILES string of the molecule is O=P(c1ccccc1)(c1ccccc1)c1ccccc1.[Na+].[OH-]. The van der Waals surface area contributed by atoms with Crippen LogP contribution in [0.4, 0.5) is 0 Å². The quantitative estimate of drug-likeness (QED) is 0.510. The predicted molar refractivity (Wildman–Crippen MR) is 87.8 cm³/mol. The fourth-order valence-electron chi connectivity index (χ4n) is 2.36. The summed E-state index contributed by atoms with van der Waals surface area (Å²) in [6.45, 7) is 0. The largest absolute Gasteiger partial charge is 1.00 e. The van der Waals surface area contributed by atoms with Gasteiger partial charge in [-0.2, -0.15) is 0 Å². The monoisotopic (exact) mass is 318 g/mol. The van der Waals surface area contributed by atoms with E-state index in [0.29, 0.717) is 0 Å². The smallest absolute Gasteiger partial charge is 0.870 e. The van der Waals surface area contributed by atoms with Gasteiger partial charge in [-0.25, -0.2) is 0 Å². The predicted octanol–water partition coefficient (Wildman–Crippen LogP) is 0.153. The van der Waals surface area contributed by atoms with Gasteiger partial charge in [0.2, 0.25) is 0 Å². The molecule has 0 aliphatic heterocycles. The average Bonchev–Trinajstić information content (AvgIpc) is 2.56. The van der Waals surface area contributed by atoms with E-state index < -0.39 is 7.14 Å². The van der Waals surface area contributed by atoms with Crippen molar-refractivity contribution in [2.24, 2.45) is 0 Å². The van der Waals surface area contributed by atoms with Gasteiger partial charge in [0.05, 0.1) is 0 Å². The number of hydrogen-bond donors (Lipinski definition) is 0. The second-order valence-corrected chi connectivity index (χ2v) is 7.38. The van der Waals surface area contributed by atoms with Crippen LogP contribution in [0.3, 0.4) is 0 Å². The van der Waals surface area contributed by atoms with Crippen LogP contribution in [0.1, 0.15) is 0 Å². The minimum Gasteiger partial charge on any atom is -0.870 e. The molecule has 22 heavy (non-hydrogen) atoms. The molecule has 0 saturated heterocycles. The third kappa shape index (κ3) is 3.60. The van der Waals surface area contributed by atoms with E-state index in [0.717, 1.165) is 15.9 Å². The van der Waals surface area contributed by atoms with Gasteiger partial charge in [0.25, 0.3) is 0 Å². The summed E-state index contributed by atoms with van der Waals surface area (Å²) in [6.07, 6.45) is 0. The van der Waals surface area contributed by atoms with Crippen molar-refractivity contribution >= 4 is 23.1 Å². The van der Waals surface area contributed by atoms with E-state index in [1.54, 1.807) is 0 Å². The molecule has 0 amide bonds. The molecule has 2 nitrogen and oxygen atoms in total. The van der Waals surface area contributed by atoms with Crippen LogP contribution < -0.4 is 45.5 Å². The first kappa shape index (κ1) is 18.9. The number of rotatable bonds is 3. The molecule has 3 aromatic carbocycles. The molecule has 0 aliphatic carbocycles. The first-order valence-corrected chi connectivity index (χ1v) is 8.29. The van der Waals surface area contributed by atoms with Crippen LogP contribution in [0, 0.1) is 0 Å². The van der Waals surface area contributed by atoms with E-state index in [9.17, 15) is 4.57 Å². The number of benzene rings is 3. The van der Waals surface area contributed by atoms with Gasteiger partial charge >= 0.3 is 29.6 Å². The van der Waals surface area contributed by atoms with Crippen molar-refractivity contribution < 1.29 is 39.6 Å². The zero-order valence-electron chi connectivity index (χ0n) is 12.5. The van der Waals surface area contributed by atoms with Crippen molar-refractivity contribution in [1.29, 1.82) is 0 Å². The van der Waals surface area contributed by atoms with Gasteiger partial charge in [-0.05, 0) is 0 Å². The van der Waals surface area contributed by atoms with Crippen LogP contribution in [-0.4, -0.2) is 5.48 Å². The molecule has 0 atom stereocenters. The van der Waals surface area contributed by atoms with Crippen molar-refractivity contribution in [1.82, 2.24) is 0 Å². The molecule has 0 spiro atoms. The van der Waals surface area contributed by atoms with Crippen LogP contribution in [0.5, 0.6) is 0 Å². The molecule has 0 unspecified atom stereocenters. The molecule has 0 bridgehead atoms. The van der Waals surface area contributed by atoms with Crippen molar-refractivity contribution in [3.8, 4) is 0 Å². The van der Waals surface area contributed by atoms with Crippen LogP contribution in [0.2, 0.25) is 0 Å². The first-order valence-electron chi connectivity index (χ1n) is 6.59. The molecular weight excluding hydrogens is 302 g/mol. The minimum absolute atomic E-state index is 0. The molecular formula is C18H16NaO2P. The second-order valence-electron chi connectivity index (χ2n) is 4.62. The van der Waals surface area contributed by atoms with Crippen LogP contribution >= 0.6 is 7.14 Å². The standard InChI is InChI=1S/C18H15OP.Na.H2O/c19-20(16-10-4-1-5-11-16,17-12-6-2-7-13-17)18-14-8-3-9-15-18;;/h1-15H;;1H2/q;+1;/p-1. The average molecular weight is 318 g/mol. The Hall–Kier alpha value is -1.15. The van der Waals surface area contributed by atoms with Gasteiger partial charge in [0.1, 0.15) is 0 Å². The zero-order valence-corrected chi connectivity index (χ0v) is 15.4. The summed E-state index contributed by atoms with van der Waals surface area (Å²) in [4.78, 5) is 0. The maximum Gasteiger partial charge on any atom is 1.00 e. The molecule has 0 saturated carbocycles. The molecule has 106 valence electrons. The summed E-state index contributed by atoms with van der Waals surface area (Å²) in [5.41, 5.74) is 0. The van der Waals surface area contributed by atoms with E-state index in [4.69, 9.17) is 0 Å². The molecule has 1 N–H and O–H groups in total. The molecule has 0 aliphatic rings. The van der Waals surface area contributed by atoms with E-state index >= 15 is 0 Å². The van der Waals surface area contributed by atoms with E-state index in [1.165, 1.54) is 0 Å². The normalized spacial score (nSPS) is 10.2. The van der Waals surface area contributed by atoms with Crippen LogP contribution in [-0.2, 0) is 4.57 Å². The van der Waals surface area contributed by atoms with Crippen molar-refractivity contribution in [2.45, 2.75) is 0 Å².